The van der Waals surface area contributed by atoms with Crippen LogP contribution in [0.25, 0.3) is 21.3 Å². The summed E-state index contributed by atoms with van der Waals surface area (Å²) in [5, 5.41) is 14.1. The number of fused-ring (bicyclic) bond motifs is 1. The number of aromatic hydroxyl groups is 1. The van der Waals surface area contributed by atoms with E-state index in [1.165, 1.54) is 4.88 Å². The van der Waals surface area contributed by atoms with Gasteiger partial charge >= 0.3 is 0 Å². The highest BCUT2D eigenvalue weighted by Gasteiger charge is 2.17. The maximum Gasteiger partial charge on any atom is 0.143 e. The van der Waals surface area contributed by atoms with Crippen LogP contribution >= 0.6 is 11.3 Å². The van der Waals surface area contributed by atoms with E-state index in [0.29, 0.717) is 6.61 Å². The summed E-state index contributed by atoms with van der Waals surface area (Å²) in [7, 11) is 0. The Balaban J connectivity index is 1.82. The van der Waals surface area contributed by atoms with Gasteiger partial charge < -0.3 is 15.2 Å². The molecule has 0 amide bonds. The second-order valence-corrected chi connectivity index (χ2v) is 7.72. The fourth-order valence-corrected chi connectivity index (χ4v) is 4.30. The van der Waals surface area contributed by atoms with Gasteiger partial charge in [0, 0.05) is 16.1 Å². The molecule has 0 aliphatic rings. The average molecular weight is 391 g/mol. The lowest BCUT2D eigenvalue weighted by Gasteiger charge is -2.12. The molecule has 0 atom stereocenters. The zero-order valence-corrected chi connectivity index (χ0v) is 16.8. The first-order valence-electron chi connectivity index (χ1n) is 9.10. The molecule has 142 valence electrons. The van der Waals surface area contributed by atoms with E-state index in [4.69, 9.17) is 4.74 Å². The molecule has 0 saturated carbocycles. The fourth-order valence-electron chi connectivity index (χ4n) is 3.29. The number of hydrogen-bond donors (Lipinski definition) is 2. The van der Waals surface area contributed by atoms with E-state index >= 15 is 0 Å². The van der Waals surface area contributed by atoms with Crippen molar-refractivity contribution in [2.24, 2.45) is 0 Å². The van der Waals surface area contributed by atoms with Gasteiger partial charge in [0.2, 0.25) is 0 Å². The van der Waals surface area contributed by atoms with Crippen molar-refractivity contribution in [3.63, 3.8) is 0 Å². The van der Waals surface area contributed by atoms with Crippen LogP contribution in [0.3, 0.4) is 0 Å². The minimum absolute atomic E-state index is 0.248. The Morgan fingerprint density at radius 3 is 2.57 bits per heavy atom. The van der Waals surface area contributed by atoms with Crippen molar-refractivity contribution < 1.29 is 9.84 Å². The largest absolute Gasteiger partial charge is 0.508 e. The predicted octanol–water partition coefficient (Wildman–Crippen LogP) is 5.82. The topological polar surface area (TPSA) is 67.3 Å². The number of nitrogens with one attached hydrogen (secondary N) is 1. The molecular formula is C22H21N3O2S. The van der Waals surface area contributed by atoms with Crippen molar-refractivity contribution in [2.75, 3.05) is 11.9 Å². The van der Waals surface area contributed by atoms with Gasteiger partial charge in [0.25, 0.3) is 0 Å². The van der Waals surface area contributed by atoms with Gasteiger partial charge in [0.15, 0.2) is 0 Å². The van der Waals surface area contributed by atoms with Crippen LogP contribution in [0.5, 0.6) is 11.5 Å². The second kappa shape index (κ2) is 7.48. The molecule has 0 bridgehead atoms. The van der Waals surface area contributed by atoms with Crippen LogP contribution in [0.4, 0.5) is 11.5 Å². The van der Waals surface area contributed by atoms with Crippen molar-refractivity contribution in [2.45, 2.75) is 20.8 Å². The van der Waals surface area contributed by atoms with E-state index in [1.54, 1.807) is 29.8 Å². The summed E-state index contributed by atoms with van der Waals surface area (Å²) in [6.45, 7) is 6.68. The first kappa shape index (κ1) is 18.3. The summed E-state index contributed by atoms with van der Waals surface area (Å²) in [5.41, 5.74) is 4.08. The summed E-state index contributed by atoms with van der Waals surface area (Å²) < 4.78 is 5.57. The van der Waals surface area contributed by atoms with Crippen molar-refractivity contribution in [1.29, 1.82) is 0 Å². The van der Waals surface area contributed by atoms with Crippen LogP contribution in [0.1, 0.15) is 17.4 Å². The van der Waals surface area contributed by atoms with Crippen molar-refractivity contribution in [3.8, 4) is 22.6 Å². The second-order valence-electron chi connectivity index (χ2n) is 6.52. The van der Waals surface area contributed by atoms with Gasteiger partial charge in [-0.1, -0.05) is 12.1 Å². The molecule has 6 heteroatoms. The number of anilines is 2. The molecule has 2 heterocycles. The predicted molar refractivity (Wildman–Crippen MR) is 115 cm³/mol. The number of aromatic nitrogens is 2. The van der Waals surface area contributed by atoms with Crippen molar-refractivity contribution in [3.05, 3.63) is 59.2 Å². The van der Waals surface area contributed by atoms with Gasteiger partial charge in [0.05, 0.1) is 12.0 Å². The van der Waals surface area contributed by atoms with Gasteiger partial charge in [-0.15, -0.1) is 11.3 Å². The Bertz CT molecular complexity index is 1140. The maximum atomic E-state index is 9.67. The highest BCUT2D eigenvalue weighted by atomic mass is 32.1. The number of benzene rings is 2. The lowest BCUT2D eigenvalue weighted by atomic mass is 10.0. The molecular weight excluding hydrogens is 370 g/mol. The molecule has 0 aliphatic heterocycles. The van der Waals surface area contributed by atoms with E-state index in [0.717, 1.165) is 44.2 Å². The molecule has 0 unspecified atom stereocenters. The molecule has 0 fully saturated rings. The molecule has 0 spiro atoms. The molecule has 2 N–H and O–H groups in total. The number of phenols is 1. The number of aryl methyl sites for hydroxylation is 2. The van der Waals surface area contributed by atoms with Crippen LogP contribution in [-0.2, 0) is 0 Å². The minimum atomic E-state index is 0.248. The van der Waals surface area contributed by atoms with Gasteiger partial charge in [0.1, 0.15) is 28.5 Å². The monoisotopic (exact) mass is 391 g/mol. The highest BCUT2D eigenvalue weighted by molar-refractivity contribution is 7.19. The van der Waals surface area contributed by atoms with Crippen LogP contribution in [0, 0.1) is 13.8 Å². The standard InChI is InChI=1S/C22H21N3O2S/c1-4-27-17-8-5-15(6-9-17)19-14(3)28-22-20(19)21(23-12-24-22)25-18-10-7-16(26)11-13(18)2/h5-12,26H,4H2,1-3H3,(H,23,24,25). The third-order valence-corrected chi connectivity index (χ3v) is 5.59. The Hall–Kier alpha value is -3.12. The van der Waals surface area contributed by atoms with Crippen molar-refractivity contribution >= 4 is 33.1 Å². The van der Waals surface area contributed by atoms with Crippen LogP contribution in [0.15, 0.2) is 48.8 Å². The van der Waals surface area contributed by atoms with E-state index in [1.807, 2.05) is 32.0 Å². The van der Waals surface area contributed by atoms with E-state index in [9.17, 15) is 5.11 Å². The molecule has 28 heavy (non-hydrogen) atoms. The molecule has 0 saturated heterocycles. The number of phenolic OH excluding ortho intramolecular Hbond substituents is 1. The summed E-state index contributed by atoms with van der Waals surface area (Å²) >= 11 is 1.66. The Morgan fingerprint density at radius 1 is 1.07 bits per heavy atom. The normalized spacial score (nSPS) is 11.0. The molecule has 0 radical (unpaired) electrons. The summed E-state index contributed by atoms with van der Waals surface area (Å²) in [5.74, 6) is 1.86. The third kappa shape index (κ3) is 3.39. The number of nitrogens with zero attached hydrogens (tertiary/aromatic N) is 2. The molecule has 0 aliphatic carbocycles. The quantitative estimate of drug-likeness (QED) is 0.419. The molecule has 5 nitrogen and oxygen atoms in total. The number of ether oxygens (including phenoxy) is 1. The zero-order valence-electron chi connectivity index (χ0n) is 16.0. The smallest absolute Gasteiger partial charge is 0.143 e. The average Bonchev–Trinajstić information content (AvgIpc) is 3.02. The van der Waals surface area contributed by atoms with Crippen molar-refractivity contribution in [1.82, 2.24) is 9.97 Å². The highest BCUT2D eigenvalue weighted by Crippen LogP contribution is 2.41. The van der Waals surface area contributed by atoms with E-state index < -0.39 is 0 Å². The summed E-state index contributed by atoms with van der Waals surface area (Å²) in [4.78, 5) is 11.1. The molecule has 2 aromatic carbocycles. The minimum Gasteiger partial charge on any atom is -0.508 e. The lowest BCUT2D eigenvalue weighted by molar-refractivity contribution is 0.340. The van der Waals surface area contributed by atoms with Gasteiger partial charge in [-0.2, -0.15) is 0 Å². The summed E-state index contributed by atoms with van der Waals surface area (Å²) in [6.07, 6.45) is 1.58. The van der Waals surface area contributed by atoms with Gasteiger partial charge in [-0.3, -0.25) is 0 Å². The van der Waals surface area contributed by atoms with Crippen LogP contribution in [0.2, 0.25) is 0 Å². The lowest BCUT2D eigenvalue weighted by Crippen LogP contribution is -1.97. The Morgan fingerprint density at radius 2 is 1.86 bits per heavy atom. The SMILES string of the molecule is CCOc1ccc(-c2c(C)sc3ncnc(Nc4ccc(O)cc4C)c23)cc1. The van der Waals surface area contributed by atoms with E-state index in [2.05, 4.69) is 34.3 Å². The first-order valence-corrected chi connectivity index (χ1v) is 9.92. The molecule has 2 aromatic heterocycles. The van der Waals surface area contributed by atoms with E-state index in [-0.39, 0.29) is 5.75 Å². The third-order valence-electron chi connectivity index (χ3n) is 4.58. The van der Waals surface area contributed by atoms with Crippen LogP contribution < -0.4 is 10.1 Å². The Kier molecular flexibility index (Phi) is 4.88. The Labute approximate surface area is 167 Å². The molecule has 4 aromatic rings. The number of rotatable bonds is 5. The molecule has 4 rings (SSSR count). The summed E-state index contributed by atoms with van der Waals surface area (Å²) in [6, 6.07) is 13.4. The number of hydrogen-bond acceptors (Lipinski definition) is 6. The fraction of sp³-hybridized carbons (Fsp3) is 0.182. The maximum absolute atomic E-state index is 9.67. The van der Waals surface area contributed by atoms with Crippen LogP contribution in [-0.4, -0.2) is 21.7 Å². The van der Waals surface area contributed by atoms with Gasteiger partial charge in [-0.05, 0) is 62.2 Å². The number of thiophene rings is 1. The first-order chi connectivity index (χ1) is 13.6. The van der Waals surface area contributed by atoms with Gasteiger partial charge in [-0.25, -0.2) is 9.97 Å². The zero-order chi connectivity index (χ0) is 19.7.